The standard InChI is InChI=1S/C20H32N2O4/c1-19(2,3)16(22-18(24)26-20(4,5)6)17(23)21-15(13-25-7)14-11-9-8-10-12-14/h8-12,15-16H,13H2,1-7H3,(H,21,23)(H,22,24)/t15-,16-/m1/s1. The van der Waals surface area contributed by atoms with E-state index >= 15 is 0 Å². The van der Waals surface area contributed by atoms with Crippen LogP contribution in [0.2, 0.25) is 0 Å². The van der Waals surface area contributed by atoms with E-state index in [4.69, 9.17) is 9.47 Å². The van der Waals surface area contributed by atoms with Crippen LogP contribution in [0.25, 0.3) is 0 Å². The molecule has 2 atom stereocenters. The lowest BCUT2D eigenvalue weighted by Gasteiger charge is -2.32. The molecule has 1 aromatic carbocycles. The fourth-order valence-electron chi connectivity index (χ4n) is 2.43. The third kappa shape index (κ3) is 7.44. The van der Waals surface area contributed by atoms with Crippen molar-refractivity contribution in [2.75, 3.05) is 13.7 Å². The van der Waals surface area contributed by atoms with Crippen molar-refractivity contribution in [1.29, 1.82) is 0 Å². The molecule has 1 aromatic rings. The van der Waals surface area contributed by atoms with Crippen molar-refractivity contribution in [3.8, 4) is 0 Å². The minimum Gasteiger partial charge on any atom is -0.444 e. The zero-order valence-electron chi connectivity index (χ0n) is 16.9. The smallest absolute Gasteiger partial charge is 0.408 e. The molecule has 0 bridgehead atoms. The Morgan fingerprint density at radius 3 is 2.04 bits per heavy atom. The zero-order chi connectivity index (χ0) is 20.0. The van der Waals surface area contributed by atoms with E-state index < -0.39 is 23.2 Å². The van der Waals surface area contributed by atoms with Crippen molar-refractivity contribution in [2.45, 2.75) is 59.2 Å². The van der Waals surface area contributed by atoms with Gasteiger partial charge in [0.2, 0.25) is 5.91 Å². The Labute approximate surface area is 156 Å². The van der Waals surface area contributed by atoms with E-state index in [1.807, 2.05) is 51.1 Å². The highest BCUT2D eigenvalue weighted by atomic mass is 16.6. The molecular weight excluding hydrogens is 332 g/mol. The molecule has 0 heterocycles. The van der Waals surface area contributed by atoms with Crippen molar-refractivity contribution in [1.82, 2.24) is 10.6 Å². The summed E-state index contributed by atoms with van der Waals surface area (Å²) in [5, 5.41) is 5.67. The maximum Gasteiger partial charge on any atom is 0.408 e. The second kappa shape index (κ2) is 9.03. The monoisotopic (exact) mass is 364 g/mol. The zero-order valence-corrected chi connectivity index (χ0v) is 16.9. The molecule has 1 rings (SSSR count). The van der Waals surface area contributed by atoms with Gasteiger partial charge in [0, 0.05) is 7.11 Å². The quantitative estimate of drug-likeness (QED) is 0.811. The summed E-state index contributed by atoms with van der Waals surface area (Å²) in [7, 11) is 1.59. The van der Waals surface area contributed by atoms with E-state index in [2.05, 4.69) is 10.6 Å². The lowest BCUT2D eigenvalue weighted by molar-refractivity contribution is -0.126. The van der Waals surface area contributed by atoms with Gasteiger partial charge in [0.25, 0.3) is 0 Å². The predicted molar refractivity (Wildman–Crippen MR) is 102 cm³/mol. The van der Waals surface area contributed by atoms with Gasteiger partial charge in [-0.15, -0.1) is 0 Å². The molecule has 0 aromatic heterocycles. The molecule has 2 N–H and O–H groups in total. The number of alkyl carbamates (subject to hydrolysis) is 1. The number of carbonyl (C=O) groups is 2. The van der Waals surface area contributed by atoms with Crippen molar-refractivity contribution in [2.24, 2.45) is 5.41 Å². The molecule has 0 unspecified atom stereocenters. The van der Waals surface area contributed by atoms with Gasteiger partial charge in [-0.1, -0.05) is 51.1 Å². The first-order valence-corrected chi connectivity index (χ1v) is 8.78. The molecule has 0 saturated carbocycles. The van der Waals surface area contributed by atoms with E-state index in [1.165, 1.54) is 0 Å². The summed E-state index contributed by atoms with van der Waals surface area (Å²) < 4.78 is 10.5. The van der Waals surface area contributed by atoms with Crippen LogP contribution in [-0.4, -0.2) is 37.4 Å². The minimum absolute atomic E-state index is 0.283. The number of hydrogen-bond acceptors (Lipinski definition) is 4. The first kappa shape index (κ1) is 22.0. The minimum atomic E-state index is -0.750. The van der Waals surface area contributed by atoms with Crippen LogP contribution >= 0.6 is 0 Å². The maximum atomic E-state index is 12.9. The molecular formula is C20H32N2O4. The van der Waals surface area contributed by atoms with Gasteiger partial charge in [0.1, 0.15) is 11.6 Å². The van der Waals surface area contributed by atoms with E-state index in [0.29, 0.717) is 6.61 Å². The molecule has 0 aliphatic carbocycles. The van der Waals surface area contributed by atoms with Crippen LogP contribution in [0.5, 0.6) is 0 Å². The van der Waals surface area contributed by atoms with Gasteiger partial charge in [-0.25, -0.2) is 4.79 Å². The lowest BCUT2D eigenvalue weighted by Crippen LogP contribution is -2.55. The second-order valence-electron chi connectivity index (χ2n) is 8.37. The fourth-order valence-corrected chi connectivity index (χ4v) is 2.43. The Bertz CT molecular complexity index is 588. The van der Waals surface area contributed by atoms with E-state index in [9.17, 15) is 9.59 Å². The average Bonchev–Trinajstić information content (AvgIpc) is 2.50. The Hall–Kier alpha value is -2.08. The SMILES string of the molecule is COC[C@@H](NC(=O)[C@@H](NC(=O)OC(C)(C)C)C(C)(C)C)c1ccccc1. The molecule has 0 radical (unpaired) electrons. The summed E-state index contributed by atoms with van der Waals surface area (Å²) in [6.45, 7) is 11.3. The Balaban J connectivity index is 2.92. The number of carbonyl (C=O) groups excluding carboxylic acids is 2. The molecule has 0 fully saturated rings. The highest BCUT2D eigenvalue weighted by molar-refractivity contribution is 5.86. The van der Waals surface area contributed by atoms with Crippen molar-refractivity contribution in [3.63, 3.8) is 0 Å². The van der Waals surface area contributed by atoms with Crippen LogP contribution in [0, 0.1) is 5.41 Å². The van der Waals surface area contributed by atoms with Crippen LogP contribution in [0.15, 0.2) is 30.3 Å². The summed E-state index contributed by atoms with van der Waals surface area (Å²) in [6, 6.07) is 8.53. The Morgan fingerprint density at radius 2 is 1.58 bits per heavy atom. The molecule has 0 saturated heterocycles. The number of benzene rings is 1. The van der Waals surface area contributed by atoms with Crippen molar-refractivity contribution in [3.05, 3.63) is 35.9 Å². The number of ether oxygens (including phenoxy) is 2. The van der Waals surface area contributed by atoms with Gasteiger partial charge in [0.05, 0.1) is 12.6 Å². The summed E-state index contributed by atoms with van der Waals surface area (Å²) in [5.74, 6) is -0.283. The van der Waals surface area contributed by atoms with Gasteiger partial charge in [-0.05, 0) is 31.7 Å². The Kier molecular flexibility index (Phi) is 7.63. The number of methoxy groups -OCH3 is 1. The van der Waals surface area contributed by atoms with Gasteiger partial charge in [-0.2, -0.15) is 0 Å². The van der Waals surface area contributed by atoms with Crippen molar-refractivity contribution < 1.29 is 19.1 Å². The number of amides is 2. The number of nitrogens with one attached hydrogen (secondary N) is 2. The molecule has 0 aliphatic heterocycles. The van der Waals surface area contributed by atoms with Crippen LogP contribution in [-0.2, 0) is 14.3 Å². The van der Waals surface area contributed by atoms with Crippen LogP contribution in [0.3, 0.4) is 0 Å². The number of rotatable bonds is 6. The van der Waals surface area contributed by atoms with Crippen LogP contribution < -0.4 is 10.6 Å². The third-order valence-corrected chi connectivity index (χ3v) is 3.64. The van der Waals surface area contributed by atoms with Crippen LogP contribution in [0.1, 0.15) is 53.1 Å². The first-order valence-electron chi connectivity index (χ1n) is 8.78. The van der Waals surface area contributed by atoms with Gasteiger partial charge >= 0.3 is 6.09 Å². The summed E-state index contributed by atoms with van der Waals surface area (Å²) in [4.78, 5) is 25.1. The highest BCUT2D eigenvalue weighted by Gasteiger charge is 2.35. The third-order valence-electron chi connectivity index (χ3n) is 3.64. The molecule has 2 amide bonds. The molecule has 6 nitrogen and oxygen atoms in total. The predicted octanol–water partition coefficient (Wildman–Crippen LogP) is 3.43. The largest absolute Gasteiger partial charge is 0.444 e. The van der Waals surface area contributed by atoms with Gasteiger partial charge < -0.3 is 20.1 Å². The summed E-state index contributed by atoms with van der Waals surface area (Å²) >= 11 is 0. The van der Waals surface area contributed by atoms with Gasteiger partial charge in [0.15, 0.2) is 0 Å². The average molecular weight is 364 g/mol. The fraction of sp³-hybridized carbons (Fsp3) is 0.600. The summed E-state index contributed by atoms with van der Waals surface area (Å²) in [6.07, 6.45) is -0.615. The Morgan fingerprint density at radius 1 is 1.00 bits per heavy atom. The molecule has 6 heteroatoms. The molecule has 0 aliphatic rings. The van der Waals surface area contributed by atoms with E-state index in [1.54, 1.807) is 27.9 Å². The number of hydrogen-bond donors (Lipinski definition) is 2. The highest BCUT2D eigenvalue weighted by Crippen LogP contribution is 2.22. The first-order chi connectivity index (χ1) is 11.9. The van der Waals surface area contributed by atoms with E-state index in [0.717, 1.165) is 5.56 Å². The molecule has 26 heavy (non-hydrogen) atoms. The van der Waals surface area contributed by atoms with Crippen LogP contribution in [0.4, 0.5) is 4.79 Å². The lowest BCUT2D eigenvalue weighted by atomic mass is 9.86. The van der Waals surface area contributed by atoms with Gasteiger partial charge in [-0.3, -0.25) is 4.79 Å². The summed E-state index contributed by atoms with van der Waals surface area (Å²) in [5.41, 5.74) is -0.186. The second-order valence-corrected chi connectivity index (χ2v) is 8.37. The van der Waals surface area contributed by atoms with E-state index in [-0.39, 0.29) is 11.9 Å². The topological polar surface area (TPSA) is 76.7 Å². The van der Waals surface area contributed by atoms with Crippen molar-refractivity contribution >= 4 is 12.0 Å². The molecule has 146 valence electrons. The molecule has 0 spiro atoms. The maximum absolute atomic E-state index is 12.9. The normalized spacial score (nSPS) is 14.3.